The lowest BCUT2D eigenvalue weighted by Crippen LogP contribution is -1.96. The molecule has 0 saturated heterocycles. The third-order valence-corrected chi connectivity index (χ3v) is 2.81. The molecule has 2 aromatic rings. The fraction of sp³-hybridized carbons (Fsp3) is 0.188. The maximum atomic E-state index is 5.84. The van der Waals surface area contributed by atoms with Crippen molar-refractivity contribution < 1.29 is 18.9 Å². The number of ether oxygens (including phenoxy) is 4. The van der Waals surface area contributed by atoms with Crippen LogP contribution in [0.15, 0.2) is 36.4 Å². The zero-order chi connectivity index (χ0) is 14.5. The number of rotatable bonds is 5. The molecule has 0 aromatic heterocycles. The monoisotopic (exact) mass is 273 g/mol. The van der Waals surface area contributed by atoms with Crippen LogP contribution in [0.2, 0.25) is 0 Å². The minimum Gasteiger partial charge on any atom is -0.496 e. The van der Waals surface area contributed by atoms with E-state index in [0.29, 0.717) is 28.7 Å². The van der Waals surface area contributed by atoms with Crippen molar-refractivity contribution >= 4 is 0 Å². The predicted molar refractivity (Wildman–Crippen MR) is 77.1 cm³/mol. The smallest absolute Gasteiger partial charge is 0.211 e. The fourth-order valence-electron chi connectivity index (χ4n) is 1.75. The maximum Gasteiger partial charge on any atom is 0.211 e. The molecule has 0 atom stereocenters. The number of hydrogen-bond donors (Lipinski definition) is 0. The highest BCUT2D eigenvalue weighted by Crippen LogP contribution is 2.43. The lowest BCUT2D eigenvalue weighted by molar-refractivity contribution is 0.337. The van der Waals surface area contributed by atoms with E-state index in [1.165, 1.54) is 0 Å². The first kappa shape index (κ1) is 14.1. The van der Waals surface area contributed by atoms with Gasteiger partial charge in [-0.05, 0) is 24.6 Å². The highest BCUT2D eigenvalue weighted by Gasteiger charge is 2.15. The van der Waals surface area contributed by atoms with Crippen LogP contribution in [0.5, 0.6) is 28.7 Å². The molecule has 0 aliphatic rings. The standard InChI is InChI=1S/C16H17O4/c1-11-5-7-12(8-6-11)20-16-14(18-3)9-13(17-2)10-15(16)19-4/h5-10H,1H2,2-4H3. The normalized spacial score (nSPS) is 10.0. The van der Waals surface area contributed by atoms with Gasteiger partial charge in [0.2, 0.25) is 5.75 Å². The van der Waals surface area contributed by atoms with Crippen molar-refractivity contribution in [2.24, 2.45) is 0 Å². The fourth-order valence-corrected chi connectivity index (χ4v) is 1.75. The molecule has 2 rings (SSSR count). The molecule has 0 heterocycles. The summed E-state index contributed by atoms with van der Waals surface area (Å²) in [5.41, 5.74) is 0.922. The van der Waals surface area contributed by atoms with Gasteiger partial charge in [0.25, 0.3) is 0 Å². The van der Waals surface area contributed by atoms with Crippen LogP contribution in [0.25, 0.3) is 0 Å². The Bertz CT molecular complexity index is 551. The van der Waals surface area contributed by atoms with Gasteiger partial charge in [-0.25, -0.2) is 0 Å². The van der Waals surface area contributed by atoms with Crippen LogP contribution < -0.4 is 18.9 Å². The minimum absolute atomic E-state index is 0.507. The molecule has 1 radical (unpaired) electrons. The Labute approximate surface area is 118 Å². The van der Waals surface area contributed by atoms with E-state index in [1.54, 1.807) is 33.5 Å². The molecule has 0 spiro atoms. The van der Waals surface area contributed by atoms with Crippen LogP contribution in [0, 0.1) is 6.92 Å². The van der Waals surface area contributed by atoms with Crippen molar-refractivity contribution in [3.8, 4) is 28.7 Å². The van der Waals surface area contributed by atoms with Gasteiger partial charge in [-0.1, -0.05) is 12.1 Å². The third-order valence-electron chi connectivity index (χ3n) is 2.81. The van der Waals surface area contributed by atoms with Gasteiger partial charge < -0.3 is 18.9 Å². The largest absolute Gasteiger partial charge is 0.496 e. The Hall–Kier alpha value is -2.36. The van der Waals surface area contributed by atoms with Crippen LogP contribution in [-0.4, -0.2) is 21.3 Å². The van der Waals surface area contributed by atoms with E-state index in [-0.39, 0.29) is 0 Å². The summed E-state index contributed by atoms with van der Waals surface area (Å²) < 4.78 is 21.7. The van der Waals surface area contributed by atoms with Gasteiger partial charge >= 0.3 is 0 Å². The molecule has 0 aliphatic heterocycles. The minimum atomic E-state index is 0.507. The van der Waals surface area contributed by atoms with E-state index in [0.717, 1.165) is 5.56 Å². The SMILES string of the molecule is [CH2]c1ccc(Oc2c(OC)cc(OC)cc2OC)cc1. The molecule has 20 heavy (non-hydrogen) atoms. The predicted octanol–water partition coefficient (Wildman–Crippen LogP) is 3.69. The summed E-state index contributed by atoms with van der Waals surface area (Å²) in [5, 5.41) is 0. The second kappa shape index (κ2) is 6.19. The van der Waals surface area contributed by atoms with E-state index in [1.807, 2.05) is 24.3 Å². The molecule has 105 valence electrons. The molecule has 0 unspecified atom stereocenters. The maximum absolute atomic E-state index is 5.84. The van der Waals surface area contributed by atoms with E-state index in [2.05, 4.69) is 6.92 Å². The van der Waals surface area contributed by atoms with E-state index in [9.17, 15) is 0 Å². The molecule has 0 bridgehead atoms. The number of hydrogen-bond acceptors (Lipinski definition) is 4. The molecule has 0 aliphatic carbocycles. The molecular formula is C16H17O4. The zero-order valence-corrected chi connectivity index (χ0v) is 11.8. The molecule has 0 fully saturated rings. The molecule has 0 amide bonds. The van der Waals surface area contributed by atoms with E-state index >= 15 is 0 Å². The van der Waals surface area contributed by atoms with Gasteiger partial charge in [-0.15, -0.1) is 0 Å². The highest BCUT2D eigenvalue weighted by molar-refractivity contribution is 5.57. The average molecular weight is 273 g/mol. The Kier molecular flexibility index (Phi) is 4.35. The Balaban J connectivity index is 2.41. The van der Waals surface area contributed by atoms with Gasteiger partial charge in [-0.3, -0.25) is 0 Å². The topological polar surface area (TPSA) is 36.9 Å². The number of benzene rings is 2. The van der Waals surface area contributed by atoms with Gasteiger partial charge in [0, 0.05) is 12.1 Å². The molecular weight excluding hydrogens is 256 g/mol. The lowest BCUT2D eigenvalue weighted by Gasteiger charge is -2.15. The molecule has 2 aromatic carbocycles. The first-order valence-electron chi connectivity index (χ1n) is 6.07. The lowest BCUT2D eigenvalue weighted by atomic mass is 10.2. The number of methoxy groups -OCH3 is 3. The van der Waals surface area contributed by atoms with Crippen molar-refractivity contribution in [2.45, 2.75) is 0 Å². The van der Waals surface area contributed by atoms with E-state index < -0.39 is 0 Å². The van der Waals surface area contributed by atoms with Gasteiger partial charge in [0.1, 0.15) is 11.5 Å². The average Bonchev–Trinajstić information content (AvgIpc) is 2.49. The van der Waals surface area contributed by atoms with Crippen molar-refractivity contribution in [3.63, 3.8) is 0 Å². The van der Waals surface area contributed by atoms with Crippen LogP contribution in [0.3, 0.4) is 0 Å². The second-order valence-electron chi connectivity index (χ2n) is 4.11. The summed E-state index contributed by atoms with van der Waals surface area (Å²) in [6.07, 6.45) is 0. The van der Waals surface area contributed by atoms with Crippen molar-refractivity contribution in [1.82, 2.24) is 0 Å². The van der Waals surface area contributed by atoms with Crippen LogP contribution in [0.1, 0.15) is 5.56 Å². The summed E-state index contributed by atoms with van der Waals surface area (Å²) >= 11 is 0. The van der Waals surface area contributed by atoms with Crippen LogP contribution in [0.4, 0.5) is 0 Å². The van der Waals surface area contributed by atoms with Crippen molar-refractivity contribution in [1.29, 1.82) is 0 Å². The first-order valence-corrected chi connectivity index (χ1v) is 6.07. The second-order valence-corrected chi connectivity index (χ2v) is 4.11. The Morgan fingerprint density at radius 2 is 1.30 bits per heavy atom. The summed E-state index contributed by atoms with van der Waals surface area (Å²) in [5.74, 6) is 2.91. The molecule has 0 N–H and O–H groups in total. The van der Waals surface area contributed by atoms with Crippen molar-refractivity contribution in [3.05, 3.63) is 48.9 Å². The summed E-state index contributed by atoms with van der Waals surface area (Å²) in [6.45, 7) is 3.84. The van der Waals surface area contributed by atoms with Gasteiger partial charge in [0.05, 0.1) is 21.3 Å². The van der Waals surface area contributed by atoms with Crippen LogP contribution >= 0.6 is 0 Å². The van der Waals surface area contributed by atoms with E-state index in [4.69, 9.17) is 18.9 Å². The third kappa shape index (κ3) is 2.96. The zero-order valence-electron chi connectivity index (χ0n) is 11.8. The highest BCUT2D eigenvalue weighted by atomic mass is 16.5. The summed E-state index contributed by atoms with van der Waals surface area (Å²) in [7, 11) is 4.72. The summed E-state index contributed by atoms with van der Waals surface area (Å²) in [6, 6.07) is 10.9. The quantitative estimate of drug-likeness (QED) is 0.832. The van der Waals surface area contributed by atoms with Gasteiger partial charge in [-0.2, -0.15) is 0 Å². The van der Waals surface area contributed by atoms with Crippen LogP contribution in [-0.2, 0) is 0 Å². The van der Waals surface area contributed by atoms with Gasteiger partial charge in [0.15, 0.2) is 11.5 Å². The Morgan fingerprint density at radius 3 is 1.75 bits per heavy atom. The summed E-state index contributed by atoms with van der Waals surface area (Å²) in [4.78, 5) is 0. The first-order chi connectivity index (χ1) is 9.67. The molecule has 4 heteroatoms. The van der Waals surface area contributed by atoms with Crippen molar-refractivity contribution in [2.75, 3.05) is 21.3 Å². The Morgan fingerprint density at radius 1 is 0.750 bits per heavy atom. The molecule has 0 saturated carbocycles. The molecule has 4 nitrogen and oxygen atoms in total.